The Balaban J connectivity index is 2.63. The number of hydrogen-bond donors (Lipinski definition) is 0. The lowest BCUT2D eigenvalue weighted by molar-refractivity contribution is 0.922. The summed E-state index contributed by atoms with van der Waals surface area (Å²) in [6.45, 7) is 10.6. The highest BCUT2D eigenvalue weighted by Crippen LogP contribution is 2.06. The van der Waals surface area contributed by atoms with Crippen LogP contribution < -0.4 is 0 Å². The van der Waals surface area contributed by atoms with Gasteiger partial charge in [0.1, 0.15) is 0 Å². The molecule has 0 spiro atoms. The first-order chi connectivity index (χ1) is 6.86. The van der Waals surface area contributed by atoms with Crippen molar-refractivity contribution in [2.45, 2.75) is 12.5 Å². The molecule has 0 radical (unpaired) electrons. The van der Waals surface area contributed by atoms with Gasteiger partial charge in [0.2, 0.25) is 6.04 Å². The van der Waals surface area contributed by atoms with Gasteiger partial charge in [-0.3, -0.25) is 0 Å². The summed E-state index contributed by atoms with van der Waals surface area (Å²) in [5.41, 5.74) is 1.20. The second-order valence-electron chi connectivity index (χ2n) is 3.01. The number of rotatable bonds is 4. The molecule has 0 saturated heterocycles. The van der Waals surface area contributed by atoms with Crippen molar-refractivity contribution < 1.29 is 0 Å². The van der Waals surface area contributed by atoms with Gasteiger partial charge in [-0.25, -0.2) is 6.57 Å². The summed E-state index contributed by atoms with van der Waals surface area (Å²) in [5.74, 6) is 0. The Morgan fingerprint density at radius 3 is 2.64 bits per heavy atom. The van der Waals surface area contributed by atoms with E-state index in [1.807, 2.05) is 42.5 Å². The molecular formula is C13H13N. The first-order valence-electron chi connectivity index (χ1n) is 4.56. The highest BCUT2D eigenvalue weighted by atomic mass is 14.7. The summed E-state index contributed by atoms with van der Waals surface area (Å²) in [6, 6.07) is 9.98. The van der Waals surface area contributed by atoms with E-state index in [9.17, 15) is 0 Å². The minimum absolute atomic E-state index is 0.0737. The normalized spacial score (nSPS) is 12.2. The molecule has 1 unspecified atom stereocenters. The fourth-order valence-electron chi connectivity index (χ4n) is 1.22. The van der Waals surface area contributed by atoms with Crippen LogP contribution in [0.4, 0.5) is 0 Å². The zero-order chi connectivity index (χ0) is 10.2. The first-order valence-corrected chi connectivity index (χ1v) is 4.56. The molecule has 0 fully saturated rings. The zero-order valence-corrected chi connectivity index (χ0v) is 8.06. The Morgan fingerprint density at radius 2 is 2.07 bits per heavy atom. The Hall–Kier alpha value is -1.81. The second kappa shape index (κ2) is 5.77. The van der Waals surface area contributed by atoms with Crippen molar-refractivity contribution in [1.29, 1.82) is 0 Å². The molecule has 1 rings (SSSR count). The van der Waals surface area contributed by atoms with Gasteiger partial charge in [-0.05, 0) is 11.6 Å². The van der Waals surface area contributed by atoms with Crippen LogP contribution in [0.3, 0.4) is 0 Å². The minimum atomic E-state index is -0.0737. The van der Waals surface area contributed by atoms with E-state index >= 15 is 0 Å². The lowest BCUT2D eigenvalue weighted by Crippen LogP contribution is -2.01. The van der Waals surface area contributed by atoms with E-state index in [-0.39, 0.29) is 6.04 Å². The standard InChI is InChI=1S/C13H13N/c1-3-4-10-13(14-2)11-12-8-6-5-7-9-12/h3-10,13H,1,11H2. The predicted molar refractivity (Wildman–Crippen MR) is 59.9 cm³/mol. The SMILES string of the molecule is [C-]#[N+]C(C=CC=C)Cc1ccccc1. The molecule has 1 atom stereocenters. The number of allylic oxidation sites excluding steroid dienone is 2. The Bertz CT molecular complexity index is 343. The van der Waals surface area contributed by atoms with Crippen LogP contribution in [0, 0.1) is 6.57 Å². The van der Waals surface area contributed by atoms with Gasteiger partial charge < -0.3 is 4.85 Å². The third-order valence-corrected chi connectivity index (χ3v) is 1.92. The molecule has 1 aromatic carbocycles. The summed E-state index contributed by atoms with van der Waals surface area (Å²) in [7, 11) is 0. The van der Waals surface area contributed by atoms with E-state index in [4.69, 9.17) is 6.57 Å². The van der Waals surface area contributed by atoms with Gasteiger partial charge in [-0.15, -0.1) is 0 Å². The fraction of sp³-hybridized carbons (Fsp3) is 0.154. The maximum Gasteiger partial charge on any atom is 0.246 e. The highest BCUT2D eigenvalue weighted by molar-refractivity contribution is 5.19. The number of nitrogens with zero attached hydrogens (tertiary/aromatic N) is 1. The van der Waals surface area contributed by atoms with Crippen LogP contribution in [0.2, 0.25) is 0 Å². The molecule has 0 heterocycles. The van der Waals surface area contributed by atoms with Crippen molar-refractivity contribution in [2.75, 3.05) is 0 Å². The zero-order valence-electron chi connectivity index (χ0n) is 8.06. The van der Waals surface area contributed by atoms with E-state index in [1.54, 1.807) is 6.08 Å². The topological polar surface area (TPSA) is 4.36 Å². The van der Waals surface area contributed by atoms with Gasteiger partial charge in [0.25, 0.3) is 0 Å². The molecule has 1 heteroatoms. The third kappa shape index (κ3) is 3.28. The monoisotopic (exact) mass is 183 g/mol. The fourth-order valence-corrected chi connectivity index (χ4v) is 1.22. The number of benzene rings is 1. The van der Waals surface area contributed by atoms with Crippen LogP contribution >= 0.6 is 0 Å². The third-order valence-electron chi connectivity index (χ3n) is 1.92. The lowest BCUT2D eigenvalue weighted by atomic mass is 10.1. The molecule has 1 nitrogen and oxygen atoms in total. The summed E-state index contributed by atoms with van der Waals surface area (Å²) >= 11 is 0. The molecular weight excluding hydrogens is 170 g/mol. The maximum atomic E-state index is 7.03. The molecule has 0 bridgehead atoms. The van der Waals surface area contributed by atoms with E-state index in [0.717, 1.165) is 6.42 Å². The van der Waals surface area contributed by atoms with Crippen LogP contribution in [0.1, 0.15) is 5.56 Å². The maximum absolute atomic E-state index is 7.03. The predicted octanol–water partition coefficient (Wildman–Crippen LogP) is 3.26. The van der Waals surface area contributed by atoms with Crippen molar-refractivity contribution in [3.8, 4) is 0 Å². The summed E-state index contributed by atoms with van der Waals surface area (Å²) in [4.78, 5) is 3.54. The van der Waals surface area contributed by atoms with Gasteiger partial charge in [0, 0.05) is 0 Å². The van der Waals surface area contributed by atoms with E-state index < -0.39 is 0 Å². The van der Waals surface area contributed by atoms with Gasteiger partial charge in [0.05, 0.1) is 6.42 Å². The van der Waals surface area contributed by atoms with Crippen LogP contribution in [0.15, 0.2) is 55.1 Å². The average Bonchev–Trinajstić information content (AvgIpc) is 2.25. The molecule has 70 valence electrons. The van der Waals surface area contributed by atoms with E-state index in [0.29, 0.717) is 0 Å². The number of hydrogen-bond acceptors (Lipinski definition) is 0. The van der Waals surface area contributed by atoms with Gasteiger partial charge in [-0.1, -0.05) is 49.1 Å². The Labute approximate surface area is 85.2 Å². The molecule has 0 aliphatic heterocycles. The quantitative estimate of drug-likeness (QED) is 0.498. The molecule has 0 aliphatic rings. The van der Waals surface area contributed by atoms with Gasteiger partial charge >= 0.3 is 0 Å². The first kappa shape index (κ1) is 10.3. The largest absolute Gasteiger partial charge is 0.309 e. The van der Waals surface area contributed by atoms with Crippen molar-refractivity contribution in [2.24, 2.45) is 0 Å². The molecule has 0 N–H and O–H groups in total. The van der Waals surface area contributed by atoms with E-state index in [1.165, 1.54) is 5.56 Å². The van der Waals surface area contributed by atoms with Crippen molar-refractivity contribution >= 4 is 0 Å². The minimum Gasteiger partial charge on any atom is -0.309 e. The molecule has 14 heavy (non-hydrogen) atoms. The summed E-state index contributed by atoms with van der Waals surface area (Å²) in [5, 5.41) is 0. The van der Waals surface area contributed by atoms with Crippen LogP contribution in [-0.2, 0) is 6.42 Å². The lowest BCUT2D eigenvalue weighted by Gasteiger charge is -1.99. The molecule has 0 amide bonds. The second-order valence-corrected chi connectivity index (χ2v) is 3.01. The Morgan fingerprint density at radius 1 is 1.36 bits per heavy atom. The summed E-state index contributed by atoms with van der Waals surface area (Å²) in [6.07, 6.45) is 6.18. The summed E-state index contributed by atoms with van der Waals surface area (Å²) < 4.78 is 0. The van der Waals surface area contributed by atoms with Crippen molar-refractivity contribution in [1.82, 2.24) is 0 Å². The van der Waals surface area contributed by atoms with Gasteiger partial charge in [0.15, 0.2) is 0 Å². The smallest absolute Gasteiger partial charge is 0.246 e. The molecule has 0 aliphatic carbocycles. The van der Waals surface area contributed by atoms with Crippen LogP contribution in [0.5, 0.6) is 0 Å². The van der Waals surface area contributed by atoms with Crippen LogP contribution in [0.25, 0.3) is 4.85 Å². The van der Waals surface area contributed by atoms with Crippen molar-refractivity contribution in [3.05, 3.63) is 72.1 Å². The van der Waals surface area contributed by atoms with Crippen molar-refractivity contribution in [3.63, 3.8) is 0 Å². The van der Waals surface area contributed by atoms with Gasteiger partial charge in [-0.2, -0.15) is 0 Å². The Kier molecular flexibility index (Phi) is 4.23. The average molecular weight is 183 g/mol. The highest BCUT2D eigenvalue weighted by Gasteiger charge is 2.07. The molecule has 1 aromatic rings. The van der Waals surface area contributed by atoms with Crippen LogP contribution in [-0.4, -0.2) is 6.04 Å². The molecule has 0 aromatic heterocycles. The van der Waals surface area contributed by atoms with E-state index in [2.05, 4.69) is 11.4 Å². The molecule has 0 saturated carbocycles.